The van der Waals surface area contributed by atoms with Gasteiger partial charge in [-0.2, -0.15) is 14.0 Å². The number of amides is 2. The predicted molar refractivity (Wildman–Crippen MR) is 97.1 cm³/mol. The van der Waals surface area contributed by atoms with E-state index in [1.54, 1.807) is 31.2 Å². The number of hydrogen-bond donors (Lipinski definition) is 0. The Bertz CT molecular complexity index is 925. The summed E-state index contributed by atoms with van der Waals surface area (Å²) in [4.78, 5) is 28.4. The number of benzene rings is 2. The van der Waals surface area contributed by atoms with Crippen molar-refractivity contribution in [2.45, 2.75) is 19.6 Å². The minimum Gasteiger partial charge on any atom is -0.435 e. The average molecular weight is 385 g/mol. The second kappa shape index (κ2) is 8.05. The summed E-state index contributed by atoms with van der Waals surface area (Å²) in [5.74, 6) is -0.724. The van der Waals surface area contributed by atoms with Crippen molar-refractivity contribution in [2.75, 3.05) is 18.0 Å². The summed E-state index contributed by atoms with van der Waals surface area (Å²) in [6, 6.07) is 13.9. The SMILES string of the molecule is C[C@@H]1CN(c2ccccc2C#N)C(=O)CN1C(=O)c1ccc(OC(F)F)cc1. The fraction of sp³-hybridized carbons (Fsp3) is 0.250. The molecule has 8 heteroatoms. The fourth-order valence-electron chi connectivity index (χ4n) is 3.10. The van der Waals surface area contributed by atoms with Crippen LogP contribution in [0.2, 0.25) is 0 Å². The van der Waals surface area contributed by atoms with Gasteiger partial charge in [0.15, 0.2) is 0 Å². The van der Waals surface area contributed by atoms with Crippen LogP contribution < -0.4 is 9.64 Å². The molecule has 0 saturated carbocycles. The van der Waals surface area contributed by atoms with Crippen LogP contribution in [0.4, 0.5) is 14.5 Å². The molecule has 0 aromatic heterocycles. The standard InChI is InChI=1S/C20H17F2N3O3/c1-13-11-25(17-5-3-2-4-15(17)10-23)18(26)12-24(13)19(27)14-6-8-16(9-7-14)28-20(21)22/h2-9,13,20H,11-12H2,1H3/t13-/m1/s1. The molecule has 0 aliphatic carbocycles. The molecule has 2 aromatic carbocycles. The normalized spacial score (nSPS) is 16.8. The van der Waals surface area contributed by atoms with Crippen molar-refractivity contribution in [3.8, 4) is 11.8 Å². The number of piperazine rings is 1. The van der Waals surface area contributed by atoms with Crippen LogP contribution in [0.1, 0.15) is 22.8 Å². The van der Waals surface area contributed by atoms with E-state index in [0.717, 1.165) is 0 Å². The zero-order valence-electron chi connectivity index (χ0n) is 15.0. The minimum atomic E-state index is -2.94. The predicted octanol–water partition coefficient (Wildman–Crippen LogP) is 3.04. The summed E-state index contributed by atoms with van der Waals surface area (Å²) in [5, 5.41) is 9.26. The molecule has 2 aromatic rings. The minimum absolute atomic E-state index is 0.0476. The second-order valence-corrected chi connectivity index (χ2v) is 6.32. The summed E-state index contributed by atoms with van der Waals surface area (Å²) in [6.07, 6.45) is 0. The highest BCUT2D eigenvalue weighted by atomic mass is 19.3. The van der Waals surface area contributed by atoms with Gasteiger partial charge in [0.25, 0.3) is 5.91 Å². The van der Waals surface area contributed by atoms with Crippen LogP contribution >= 0.6 is 0 Å². The van der Waals surface area contributed by atoms with Crippen molar-refractivity contribution >= 4 is 17.5 Å². The highest BCUT2D eigenvalue weighted by Crippen LogP contribution is 2.25. The molecule has 1 atom stereocenters. The Labute approximate surface area is 160 Å². The summed E-state index contributed by atoms with van der Waals surface area (Å²) in [5.41, 5.74) is 1.17. The van der Waals surface area contributed by atoms with E-state index >= 15 is 0 Å². The molecule has 3 rings (SSSR count). The second-order valence-electron chi connectivity index (χ2n) is 6.32. The van der Waals surface area contributed by atoms with E-state index in [-0.39, 0.29) is 42.3 Å². The lowest BCUT2D eigenvalue weighted by molar-refractivity contribution is -0.121. The molecule has 1 aliphatic rings. The Morgan fingerprint density at radius 2 is 1.89 bits per heavy atom. The largest absolute Gasteiger partial charge is 0.435 e. The van der Waals surface area contributed by atoms with Crippen molar-refractivity contribution in [2.24, 2.45) is 0 Å². The van der Waals surface area contributed by atoms with Crippen LogP contribution in [0.25, 0.3) is 0 Å². The highest BCUT2D eigenvalue weighted by molar-refractivity contribution is 6.02. The molecule has 0 spiro atoms. The molecule has 0 unspecified atom stereocenters. The van der Waals surface area contributed by atoms with Crippen LogP contribution in [0.3, 0.4) is 0 Å². The van der Waals surface area contributed by atoms with Gasteiger partial charge in [-0.15, -0.1) is 0 Å². The van der Waals surface area contributed by atoms with Crippen molar-refractivity contribution < 1.29 is 23.1 Å². The number of carbonyl (C=O) groups excluding carboxylic acids is 2. The van der Waals surface area contributed by atoms with Gasteiger partial charge in [0.1, 0.15) is 18.4 Å². The first-order chi connectivity index (χ1) is 13.4. The fourth-order valence-corrected chi connectivity index (χ4v) is 3.10. The number of alkyl halides is 2. The zero-order valence-corrected chi connectivity index (χ0v) is 15.0. The van der Waals surface area contributed by atoms with Crippen LogP contribution in [-0.2, 0) is 4.79 Å². The molecule has 1 heterocycles. The van der Waals surface area contributed by atoms with Crippen molar-refractivity contribution in [3.05, 3.63) is 59.7 Å². The summed E-state index contributed by atoms with van der Waals surface area (Å²) >= 11 is 0. The van der Waals surface area contributed by atoms with E-state index < -0.39 is 6.61 Å². The number of ether oxygens (including phenoxy) is 1. The quantitative estimate of drug-likeness (QED) is 0.811. The number of carbonyl (C=O) groups is 2. The molecular weight excluding hydrogens is 368 g/mol. The van der Waals surface area contributed by atoms with E-state index in [2.05, 4.69) is 10.8 Å². The smallest absolute Gasteiger partial charge is 0.387 e. The van der Waals surface area contributed by atoms with E-state index in [1.165, 1.54) is 34.1 Å². The molecule has 1 saturated heterocycles. The summed E-state index contributed by atoms with van der Waals surface area (Å²) < 4.78 is 28.7. The van der Waals surface area contributed by atoms with Gasteiger partial charge >= 0.3 is 6.61 Å². The maximum Gasteiger partial charge on any atom is 0.387 e. The molecule has 0 N–H and O–H groups in total. The third kappa shape index (κ3) is 3.93. The lowest BCUT2D eigenvalue weighted by Crippen LogP contribution is -2.57. The Morgan fingerprint density at radius 3 is 2.54 bits per heavy atom. The van der Waals surface area contributed by atoms with Gasteiger partial charge < -0.3 is 14.5 Å². The van der Waals surface area contributed by atoms with Crippen molar-refractivity contribution in [1.82, 2.24) is 4.90 Å². The molecule has 1 aliphatic heterocycles. The topological polar surface area (TPSA) is 73.6 Å². The van der Waals surface area contributed by atoms with Crippen LogP contribution in [0.5, 0.6) is 5.75 Å². The molecule has 1 fully saturated rings. The summed E-state index contributed by atoms with van der Waals surface area (Å²) in [6.45, 7) is -1.03. The maximum absolute atomic E-state index is 12.8. The Hall–Kier alpha value is -3.47. The van der Waals surface area contributed by atoms with Gasteiger partial charge in [0.05, 0.1) is 11.3 Å². The lowest BCUT2D eigenvalue weighted by Gasteiger charge is -2.39. The third-order valence-corrected chi connectivity index (χ3v) is 4.49. The van der Waals surface area contributed by atoms with E-state index in [1.807, 2.05) is 0 Å². The Balaban J connectivity index is 1.76. The molecule has 0 bridgehead atoms. The monoisotopic (exact) mass is 385 g/mol. The van der Waals surface area contributed by atoms with Gasteiger partial charge in [-0.05, 0) is 43.3 Å². The van der Waals surface area contributed by atoms with Gasteiger partial charge in [-0.25, -0.2) is 0 Å². The van der Waals surface area contributed by atoms with E-state index in [9.17, 15) is 23.6 Å². The van der Waals surface area contributed by atoms with Crippen LogP contribution in [0, 0.1) is 11.3 Å². The summed E-state index contributed by atoms with van der Waals surface area (Å²) in [7, 11) is 0. The number of hydrogen-bond acceptors (Lipinski definition) is 4. The first-order valence-electron chi connectivity index (χ1n) is 8.56. The first-order valence-corrected chi connectivity index (χ1v) is 8.56. The third-order valence-electron chi connectivity index (χ3n) is 4.49. The van der Waals surface area contributed by atoms with E-state index in [4.69, 9.17) is 0 Å². The number of nitrogens with zero attached hydrogens (tertiary/aromatic N) is 3. The Kier molecular flexibility index (Phi) is 5.54. The molecular formula is C20H17F2N3O3. The number of rotatable bonds is 4. The highest BCUT2D eigenvalue weighted by Gasteiger charge is 2.34. The van der Waals surface area contributed by atoms with Crippen molar-refractivity contribution in [1.29, 1.82) is 5.26 Å². The molecule has 28 heavy (non-hydrogen) atoms. The van der Waals surface area contributed by atoms with Crippen LogP contribution in [0.15, 0.2) is 48.5 Å². The van der Waals surface area contributed by atoms with Gasteiger partial charge in [0, 0.05) is 18.2 Å². The number of nitriles is 1. The first kappa shape index (κ1) is 19.3. The molecule has 6 nitrogen and oxygen atoms in total. The number of para-hydroxylation sites is 1. The maximum atomic E-state index is 12.8. The van der Waals surface area contributed by atoms with Crippen LogP contribution in [-0.4, -0.2) is 42.5 Å². The van der Waals surface area contributed by atoms with Gasteiger partial charge in [-0.3, -0.25) is 9.59 Å². The lowest BCUT2D eigenvalue weighted by atomic mass is 10.1. The van der Waals surface area contributed by atoms with E-state index in [0.29, 0.717) is 11.3 Å². The zero-order chi connectivity index (χ0) is 20.3. The molecule has 2 amide bonds. The average Bonchev–Trinajstić information content (AvgIpc) is 2.69. The Morgan fingerprint density at radius 1 is 1.21 bits per heavy atom. The molecule has 144 valence electrons. The van der Waals surface area contributed by atoms with Gasteiger partial charge in [-0.1, -0.05) is 12.1 Å². The van der Waals surface area contributed by atoms with Gasteiger partial charge in [0.2, 0.25) is 5.91 Å². The number of anilines is 1. The number of halogens is 2. The molecule has 0 radical (unpaired) electrons. The van der Waals surface area contributed by atoms with Crippen molar-refractivity contribution in [3.63, 3.8) is 0 Å².